The first-order chi connectivity index (χ1) is 12.6. The molecule has 0 saturated heterocycles. The fourth-order valence-electron chi connectivity index (χ4n) is 2.39. The average molecular weight is 369 g/mol. The zero-order valence-electron chi connectivity index (χ0n) is 14.6. The smallest absolute Gasteiger partial charge is 0.200 e. The van der Waals surface area contributed by atoms with E-state index in [-0.39, 0.29) is 11.5 Å². The second-order valence-electron chi connectivity index (χ2n) is 5.77. The average Bonchev–Trinajstić information content (AvgIpc) is 3.29. The van der Waals surface area contributed by atoms with Crippen molar-refractivity contribution >= 4 is 17.5 Å². The number of hydrogen-bond donors (Lipinski definition) is 0. The molecule has 0 aliphatic carbocycles. The molecule has 0 spiro atoms. The topological polar surface area (TPSA) is 70.2 Å². The summed E-state index contributed by atoms with van der Waals surface area (Å²) in [6, 6.07) is 10.7. The highest BCUT2D eigenvalue weighted by Crippen LogP contribution is 2.26. The Morgan fingerprint density at radius 2 is 2.04 bits per heavy atom. The molecule has 134 valence electrons. The van der Waals surface area contributed by atoms with Crippen molar-refractivity contribution in [1.29, 1.82) is 0 Å². The highest BCUT2D eigenvalue weighted by Gasteiger charge is 2.18. The van der Waals surface area contributed by atoms with Gasteiger partial charge in [-0.15, -0.1) is 10.2 Å². The molecule has 0 unspecified atom stereocenters. The summed E-state index contributed by atoms with van der Waals surface area (Å²) in [7, 11) is 1.59. The van der Waals surface area contributed by atoms with Crippen LogP contribution in [0.25, 0.3) is 11.6 Å². The lowest BCUT2D eigenvalue weighted by Crippen LogP contribution is -2.06. The molecule has 1 aromatic carbocycles. The third-order valence-electron chi connectivity index (χ3n) is 3.63. The summed E-state index contributed by atoms with van der Waals surface area (Å²) in [5.74, 6) is 2.25. The molecule has 0 bridgehead atoms. The molecular formula is C19H19N3O3S. The van der Waals surface area contributed by atoms with Crippen molar-refractivity contribution in [2.75, 3.05) is 12.9 Å². The van der Waals surface area contributed by atoms with Crippen LogP contribution in [0, 0.1) is 0 Å². The second kappa shape index (κ2) is 8.05. The van der Waals surface area contributed by atoms with E-state index in [1.807, 2.05) is 17.6 Å². The van der Waals surface area contributed by atoms with Crippen LogP contribution in [0.3, 0.4) is 0 Å². The number of aromatic nitrogens is 3. The minimum atomic E-state index is 0.0158. The van der Waals surface area contributed by atoms with E-state index >= 15 is 0 Å². The molecule has 0 aliphatic heterocycles. The number of benzene rings is 1. The predicted molar refractivity (Wildman–Crippen MR) is 101 cm³/mol. The first kappa shape index (κ1) is 18.0. The molecular weight excluding hydrogens is 350 g/mol. The van der Waals surface area contributed by atoms with Crippen molar-refractivity contribution in [2.24, 2.45) is 0 Å². The van der Waals surface area contributed by atoms with Gasteiger partial charge in [-0.2, -0.15) is 0 Å². The highest BCUT2D eigenvalue weighted by molar-refractivity contribution is 7.99. The van der Waals surface area contributed by atoms with Gasteiger partial charge < -0.3 is 9.15 Å². The third kappa shape index (κ3) is 4.05. The predicted octanol–water partition coefficient (Wildman–Crippen LogP) is 4.10. The molecule has 0 radical (unpaired) electrons. The zero-order chi connectivity index (χ0) is 18.5. The quantitative estimate of drug-likeness (QED) is 0.338. The molecule has 2 heterocycles. The van der Waals surface area contributed by atoms with E-state index in [2.05, 4.69) is 16.8 Å². The first-order valence-electron chi connectivity index (χ1n) is 8.00. The second-order valence-corrected chi connectivity index (χ2v) is 6.71. The number of furan rings is 1. The van der Waals surface area contributed by atoms with Gasteiger partial charge >= 0.3 is 0 Å². The van der Waals surface area contributed by atoms with E-state index in [0.717, 1.165) is 11.3 Å². The van der Waals surface area contributed by atoms with Gasteiger partial charge in [0, 0.05) is 12.1 Å². The maximum Gasteiger partial charge on any atom is 0.200 e. The van der Waals surface area contributed by atoms with Crippen LogP contribution in [0.1, 0.15) is 17.3 Å². The molecule has 3 rings (SSSR count). The van der Waals surface area contributed by atoms with E-state index < -0.39 is 0 Å². The number of carbonyl (C=O) groups excluding carboxylic acids is 1. The zero-order valence-corrected chi connectivity index (χ0v) is 15.5. The van der Waals surface area contributed by atoms with Gasteiger partial charge in [-0.25, -0.2) is 0 Å². The Balaban J connectivity index is 1.76. The van der Waals surface area contributed by atoms with Gasteiger partial charge in [0.1, 0.15) is 5.75 Å². The van der Waals surface area contributed by atoms with E-state index in [9.17, 15) is 4.79 Å². The van der Waals surface area contributed by atoms with Gasteiger partial charge in [-0.1, -0.05) is 23.9 Å². The normalized spacial score (nSPS) is 10.7. The minimum Gasteiger partial charge on any atom is -0.497 e. The van der Waals surface area contributed by atoms with Crippen LogP contribution < -0.4 is 4.74 Å². The van der Waals surface area contributed by atoms with Crippen molar-refractivity contribution in [2.45, 2.75) is 18.6 Å². The van der Waals surface area contributed by atoms with Crippen molar-refractivity contribution < 1.29 is 13.9 Å². The molecule has 6 nitrogen and oxygen atoms in total. The van der Waals surface area contributed by atoms with E-state index in [1.54, 1.807) is 43.7 Å². The number of methoxy groups -OCH3 is 1. The van der Waals surface area contributed by atoms with Crippen LogP contribution in [-0.4, -0.2) is 33.4 Å². The fourth-order valence-corrected chi connectivity index (χ4v) is 3.22. The lowest BCUT2D eigenvalue weighted by Gasteiger charge is -2.08. The monoisotopic (exact) mass is 369 g/mol. The van der Waals surface area contributed by atoms with Crippen molar-refractivity contribution in [3.8, 4) is 17.3 Å². The lowest BCUT2D eigenvalue weighted by molar-refractivity contribution is 0.102. The fraction of sp³-hybridized carbons (Fsp3) is 0.211. The van der Waals surface area contributed by atoms with E-state index in [0.29, 0.717) is 28.8 Å². The van der Waals surface area contributed by atoms with Crippen LogP contribution in [0.15, 0.2) is 64.4 Å². The van der Waals surface area contributed by atoms with Crippen LogP contribution in [0.5, 0.6) is 5.75 Å². The molecule has 7 heteroatoms. The Kier molecular flexibility index (Phi) is 5.58. The number of allylic oxidation sites excluding steroid dienone is 1. The Hall–Kier alpha value is -2.80. The number of hydrogen-bond acceptors (Lipinski definition) is 6. The molecule has 0 aliphatic rings. The van der Waals surface area contributed by atoms with Crippen LogP contribution in [0.2, 0.25) is 0 Å². The number of carbonyl (C=O) groups is 1. The molecule has 0 amide bonds. The molecule has 0 N–H and O–H groups in total. The van der Waals surface area contributed by atoms with Crippen molar-refractivity contribution in [1.82, 2.24) is 14.8 Å². The summed E-state index contributed by atoms with van der Waals surface area (Å²) in [4.78, 5) is 12.4. The van der Waals surface area contributed by atoms with Gasteiger partial charge in [0.15, 0.2) is 16.7 Å². The van der Waals surface area contributed by atoms with E-state index in [4.69, 9.17) is 9.15 Å². The van der Waals surface area contributed by atoms with Crippen molar-refractivity contribution in [3.05, 3.63) is 60.4 Å². The summed E-state index contributed by atoms with van der Waals surface area (Å²) >= 11 is 1.35. The number of rotatable bonds is 8. The van der Waals surface area contributed by atoms with E-state index in [1.165, 1.54) is 11.8 Å². The first-order valence-corrected chi connectivity index (χ1v) is 8.98. The molecule has 2 aromatic heterocycles. The number of ether oxygens (including phenoxy) is 1. The van der Waals surface area contributed by atoms with Gasteiger partial charge in [-0.3, -0.25) is 9.36 Å². The molecule has 0 fully saturated rings. The SMILES string of the molecule is C=C(C)Cn1c(SCC(=O)c2ccc(OC)cc2)nnc1-c1ccco1. The Morgan fingerprint density at radius 1 is 1.27 bits per heavy atom. The minimum absolute atomic E-state index is 0.0158. The molecule has 26 heavy (non-hydrogen) atoms. The Bertz CT molecular complexity index is 899. The summed E-state index contributed by atoms with van der Waals surface area (Å²) in [6.45, 7) is 6.45. The largest absolute Gasteiger partial charge is 0.497 e. The maximum atomic E-state index is 12.4. The van der Waals surface area contributed by atoms with Gasteiger partial charge in [0.05, 0.1) is 19.1 Å². The number of ketones is 1. The Morgan fingerprint density at radius 3 is 2.65 bits per heavy atom. The van der Waals surface area contributed by atoms with Crippen LogP contribution in [0.4, 0.5) is 0 Å². The van der Waals surface area contributed by atoms with Crippen LogP contribution >= 0.6 is 11.8 Å². The summed E-state index contributed by atoms with van der Waals surface area (Å²) in [6.07, 6.45) is 1.59. The number of Topliss-reactive ketones (excluding diaryl/α,β-unsaturated/α-hetero) is 1. The molecule has 0 saturated carbocycles. The maximum absolute atomic E-state index is 12.4. The third-order valence-corrected chi connectivity index (χ3v) is 4.60. The van der Waals surface area contributed by atoms with Crippen LogP contribution in [-0.2, 0) is 6.54 Å². The lowest BCUT2D eigenvalue weighted by atomic mass is 10.1. The summed E-state index contributed by atoms with van der Waals surface area (Å²) < 4.78 is 12.5. The summed E-state index contributed by atoms with van der Waals surface area (Å²) in [5, 5.41) is 9.09. The number of nitrogens with zero attached hydrogens (tertiary/aromatic N) is 3. The number of thioether (sulfide) groups is 1. The standard InChI is InChI=1S/C19H19N3O3S/c1-13(2)11-22-18(17-5-4-10-25-17)20-21-19(22)26-12-16(23)14-6-8-15(24-3)9-7-14/h4-10H,1,11-12H2,2-3H3. The van der Waals surface area contributed by atoms with Gasteiger partial charge in [0.2, 0.25) is 5.82 Å². The van der Waals surface area contributed by atoms with Gasteiger partial charge in [-0.05, 0) is 43.3 Å². The summed E-state index contributed by atoms with van der Waals surface area (Å²) in [5.41, 5.74) is 1.59. The highest BCUT2D eigenvalue weighted by atomic mass is 32.2. The van der Waals surface area contributed by atoms with Gasteiger partial charge in [0.25, 0.3) is 0 Å². The Labute approximate surface area is 155 Å². The molecule has 3 aromatic rings. The van der Waals surface area contributed by atoms with Crippen molar-refractivity contribution in [3.63, 3.8) is 0 Å². The molecule has 0 atom stereocenters.